The lowest BCUT2D eigenvalue weighted by atomic mass is 10.2. The molecule has 3 rings (SSSR count). The van der Waals surface area contributed by atoms with Gasteiger partial charge in [0.2, 0.25) is 0 Å². The summed E-state index contributed by atoms with van der Waals surface area (Å²) >= 11 is 6.66. The zero-order valence-corrected chi connectivity index (χ0v) is 14.4. The van der Waals surface area contributed by atoms with Crippen LogP contribution in [0, 0.1) is 0 Å². The zero-order chi connectivity index (χ0) is 17.6. The smallest absolute Gasteiger partial charge is 0.387 e. The van der Waals surface area contributed by atoms with Gasteiger partial charge < -0.3 is 15.4 Å². The van der Waals surface area contributed by atoms with Crippen LogP contribution in [0.15, 0.2) is 60.0 Å². The summed E-state index contributed by atoms with van der Waals surface area (Å²) in [7, 11) is 0. The number of nitrogens with zero attached hydrogens (tertiary/aromatic N) is 1. The number of anilines is 2. The van der Waals surface area contributed by atoms with Crippen molar-refractivity contribution in [2.75, 3.05) is 10.6 Å². The fraction of sp³-hybridized carbons (Fsp3) is 0.0588. The Kier molecular flexibility index (Phi) is 5.52. The molecule has 0 aliphatic heterocycles. The van der Waals surface area contributed by atoms with Gasteiger partial charge in [-0.05, 0) is 48.6 Å². The van der Waals surface area contributed by atoms with Gasteiger partial charge in [-0.15, -0.1) is 11.3 Å². The number of ether oxygens (including phenoxy) is 1. The Morgan fingerprint density at radius 1 is 1.04 bits per heavy atom. The molecule has 0 unspecified atom stereocenters. The van der Waals surface area contributed by atoms with Gasteiger partial charge in [-0.3, -0.25) is 0 Å². The number of nitrogens with one attached hydrogen (secondary N) is 2. The van der Waals surface area contributed by atoms with Crippen molar-refractivity contribution in [1.82, 2.24) is 4.98 Å². The van der Waals surface area contributed by atoms with Crippen LogP contribution in [0.2, 0.25) is 0 Å². The van der Waals surface area contributed by atoms with Crippen LogP contribution in [0.1, 0.15) is 0 Å². The number of aromatic nitrogens is 1. The number of para-hydroxylation sites is 1. The van der Waals surface area contributed by atoms with Gasteiger partial charge in [0.25, 0.3) is 0 Å². The summed E-state index contributed by atoms with van der Waals surface area (Å²) in [6, 6.07) is 15.9. The van der Waals surface area contributed by atoms with Gasteiger partial charge in [0.15, 0.2) is 10.2 Å². The zero-order valence-electron chi connectivity index (χ0n) is 12.8. The SMILES string of the molecule is FC(F)Oc1ccc(-c2csc(NC(=S)Nc3ccccc3)n2)cc1. The molecule has 0 aliphatic rings. The normalized spacial score (nSPS) is 10.5. The number of thiazole rings is 1. The molecule has 3 aromatic rings. The molecule has 0 atom stereocenters. The van der Waals surface area contributed by atoms with Crippen LogP contribution in [0.5, 0.6) is 5.75 Å². The molecule has 8 heteroatoms. The summed E-state index contributed by atoms with van der Waals surface area (Å²) in [5.41, 5.74) is 2.40. The van der Waals surface area contributed by atoms with E-state index in [-0.39, 0.29) is 5.75 Å². The maximum atomic E-state index is 12.2. The van der Waals surface area contributed by atoms with Gasteiger partial charge >= 0.3 is 6.61 Å². The molecule has 0 bridgehead atoms. The molecule has 2 aromatic carbocycles. The third kappa shape index (κ3) is 4.94. The molecule has 1 heterocycles. The molecule has 128 valence electrons. The fourth-order valence-electron chi connectivity index (χ4n) is 2.05. The molecule has 4 nitrogen and oxygen atoms in total. The lowest BCUT2D eigenvalue weighted by molar-refractivity contribution is -0.0498. The molecule has 1 aromatic heterocycles. The van der Waals surface area contributed by atoms with Crippen molar-refractivity contribution < 1.29 is 13.5 Å². The lowest BCUT2D eigenvalue weighted by Gasteiger charge is -2.07. The molecule has 25 heavy (non-hydrogen) atoms. The Balaban J connectivity index is 1.63. The van der Waals surface area contributed by atoms with E-state index in [4.69, 9.17) is 12.2 Å². The van der Waals surface area contributed by atoms with E-state index in [0.29, 0.717) is 10.2 Å². The Morgan fingerprint density at radius 3 is 2.44 bits per heavy atom. The largest absolute Gasteiger partial charge is 0.435 e. The standard InChI is InChI=1S/C17H13F2N3OS2/c18-15(19)23-13-8-6-11(7-9-13)14-10-25-17(21-14)22-16(24)20-12-4-2-1-3-5-12/h1-10,15H,(H2,20,21,22,24). The van der Waals surface area contributed by atoms with Gasteiger partial charge in [-0.2, -0.15) is 8.78 Å². The van der Waals surface area contributed by atoms with E-state index in [1.807, 2.05) is 35.7 Å². The highest BCUT2D eigenvalue weighted by Gasteiger charge is 2.08. The highest BCUT2D eigenvalue weighted by atomic mass is 32.1. The Morgan fingerprint density at radius 2 is 1.76 bits per heavy atom. The van der Waals surface area contributed by atoms with E-state index in [1.54, 1.807) is 12.1 Å². The van der Waals surface area contributed by atoms with E-state index in [0.717, 1.165) is 16.9 Å². The minimum absolute atomic E-state index is 0.112. The van der Waals surface area contributed by atoms with Gasteiger partial charge in [0.05, 0.1) is 5.69 Å². The van der Waals surface area contributed by atoms with E-state index < -0.39 is 6.61 Å². The van der Waals surface area contributed by atoms with E-state index >= 15 is 0 Å². The fourth-order valence-corrected chi connectivity index (χ4v) is 3.06. The minimum atomic E-state index is -2.83. The molecule has 0 fully saturated rings. The average molecular weight is 377 g/mol. The lowest BCUT2D eigenvalue weighted by Crippen LogP contribution is -2.18. The monoisotopic (exact) mass is 377 g/mol. The number of thiocarbonyl (C=S) groups is 1. The first-order chi connectivity index (χ1) is 12.1. The first-order valence-electron chi connectivity index (χ1n) is 7.24. The summed E-state index contributed by atoms with van der Waals surface area (Å²) in [4.78, 5) is 4.44. The van der Waals surface area contributed by atoms with Crippen molar-refractivity contribution in [2.45, 2.75) is 6.61 Å². The second kappa shape index (κ2) is 8.00. The van der Waals surface area contributed by atoms with Crippen molar-refractivity contribution in [3.8, 4) is 17.0 Å². The number of halogens is 2. The highest BCUT2D eigenvalue weighted by molar-refractivity contribution is 7.80. The second-order valence-corrected chi connectivity index (χ2v) is 6.15. The van der Waals surface area contributed by atoms with Crippen molar-refractivity contribution in [3.63, 3.8) is 0 Å². The van der Waals surface area contributed by atoms with Crippen LogP contribution in [0.3, 0.4) is 0 Å². The van der Waals surface area contributed by atoms with Gasteiger partial charge in [-0.1, -0.05) is 18.2 Å². The molecule has 2 N–H and O–H groups in total. The number of rotatable bonds is 5. The third-order valence-corrected chi connectivity index (χ3v) is 4.09. The van der Waals surface area contributed by atoms with Gasteiger partial charge in [-0.25, -0.2) is 4.98 Å². The Labute approximate surface area is 152 Å². The van der Waals surface area contributed by atoms with Crippen LogP contribution in [-0.4, -0.2) is 16.7 Å². The summed E-state index contributed by atoms with van der Waals surface area (Å²) in [5.74, 6) is 0.112. The Bertz CT molecular complexity index is 839. The molecule has 0 saturated carbocycles. The van der Waals surface area contributed by atoms with Crippen molar-refractivity contribution in [3.05, 3.63) is 60.0 Å². The highest BCUT2D eigenvalue weighted by Crippen LogP contribution is 2.27. The first kappa shape index (κ1) is 17.2. The van der Waals surface area contributed by atoms with Gasteiger partial charge in [0, 0.05) is 16.6 Å². The number of alkyl halides is 2. The quantitative estimate of drug-likeness (QED) is 0.597. The molecule has 0 aliphatic carbocycles. The maximum Gasteiger partial charge on any atom is 0.387 e. The first-order valence-corrected chi connectivity index (χ1v) is 8.53. The van der Waals surface area contributed by atoms with E-state index in [9.17, 15) is 8.78 Å². The van der Waals surface area contributed by atoms with Gasteiger partial charge in [0.1, 0.15) is 5.75 Å². The van der Waals surface area contributed by atoms with Crippen molar-refractivity contribution in [1.29, 1.82) is 0 Å². The van der Waals surface area contributed by atoms with Crippen LogP contribution in [-0.2, 0) is 0 Å². The molecule has 0 radical (unpaired) electrons. The molecular weight excluding hydrogens is 364 g/mol. The third-order valence-electron chi connectivity index (χ3n) is 3.13. The number of hydrogen-bond donors (Lipinski definition) is 2. The van der Waals surface area contributed by atoms with Crippen LogP contribution < -0.4 is 15.4 Å². The average Bonchev–Trinajstić information content (AvgIpc) is 3.04. The predicted octanol–water partition coefficient (Wildman–Crippen LogP) is 5.22. The second-order valence-electron chi connectivity index (χ2n) is 4.89. The Hall–Kier alpha value is -2.58. The van der Waals surface area contributed by atoms with Crippen molar-refractivity contribution in [2.24, 2.45) is 0 Å². The summed E-state index contributed by atoms with van der Waals surface area (Å²) < 4.78 is 28.7. The van der Waals surface area contributed by atoms with Crippen molar-refractivity contribution >= 4 is 39.5 Å². The molecular formula is C17H13F2N3OS2. The molecule has 0 amide bonds. The molecule has 0 spiro atoms. The molecule has 0 saturated heterocycles. The number of benzene rings is 2. The summed E-state index contributed by atoms with van der Waals surface area (Å²) in [6.45, 7) is -2.83. The van der Waals surface area contributed by atoms with E-state index in [1.165, 1.54) is 23.5 Å². The van der Waals surface area contributed by atoms with Crippen LogP contribution in [0.25, 0.3) is 11.3 Å². The predicted molar refractivity (Wildman–Crippen MR) is 100 cm³/mol. The minimum Gasteiger partial charge on any atom is -0.435 e. The topological polar surface area (TPSA) is 46.2 Å². The maximum absolute atomic E-state index is 12.2. The van der Waals surface area contributed by atoms with E-state index in [2.05, 4.69) is 20.4 Å². The number of hydrogen-bond acceptors (Lipinski definition) is 4. The summed E-state index contributed by atoms with van der Waals surface area (Å²) in [5, 5.41) is 9.02. The van der Waals surface area contributed by atoms with Crippen LogP contribution >= 0.6 is 23.6 Å². The summed E-state index contributed by atoms with van der Waals surface area (Å²) in [6.07, 6.45) is 0. The van der Waals surface area contributed by atoms with Crippen LogP contribution in [0.4, 0.5) is 19.6 Å².